The third kappa shape index (κ3) is 2.05. The van der Waals surface area contributed by atoms with Crippen molar-refractivity contribution >= 4 is 0 Å². The molecule has 2 unspecified atom stereocenters. The van der Waals surface area contributed by atoms with Crippen molar-refractivity contribution in [1.29, 1.82) is 0 Å². The van der Waals surface area contributed by atoms with Crippen molar-refractivity contribution in [3.8, 4) is 0 Å². The summed E-state index contributed by atoms with van der Waals surface area (Å²) in [7, 11) is 0. The fraction of sp³-hybridized carbons (Fsp3) is 1.00. The Morgan fingerprint density at radius 1 is 1.38 bits per heavy atom. The van der Waals surface area contributed by atoms with Crippen LogP contribution in [0.5, 0.6) is 0 Å². The molecule has 2 nitrogen and oxygen atoms in total. The summed E-state index contributed by atoms with van der Waals surface area (Å²) in [6.07, 6.45) is 6.51. The Bertz CT molecular complexity index is 171. The predicted molar refractivity (Wildman–Crippen MR) is 51.5 cm³/mol. The van der Waals surface area contributed by atoms with Crippen molar-refractivity contribution in [2.24, 2.45) is 11.3 Å². The second-order valence-electron chi connectivity index (χ2n) is 4.93. The van der Waals surface area contributed by atoms with E-state index in [1.54, 1.807) is 0 Å². The molecule has 0 radical (unpaired) electrons. The minimum Gasteiger partial charge on any atom is -0.396 e. The van der Waals surface area contributed by atoms with Gasteiger partial charge >= 0.3 is 0 Å². The van der Waals surface area contributed by atoms with E-state index in [1.165, 1.54) is 25.7 Å². The zero-order chi connectivity index (χ0) is 9.31. The molecular weight excluding hydrogens is 164 g/mol. The topological polar surface area (TPSA) is 29.5 Å². The molecule has 0 bridgehead atoms. The maximum absolute atomic E-state index is 9.40. The highest BCUT2D eigenvalue weighted by atomic mass is 16.5. The monoisotopic (exact) mass is 184 g/mol. The van der Waals surface area contributed by atoms with Crippen molar-refractivity contribution in [2.45, 2.75) is 45.1 Å². The summed E-state index contributed by atoms with van der Waals surface area (Å²) in [5.74, 6) is 0.765. The average Bonchev–Trinajstić information content (AvgIpc) is 2.88. The van der Waals surface area contributed by atoms with Gasteiger partial charge in [-0.1, -0.05) is 6.92 Å². The number of aliphatic hydroxyl groups excluding tert-OH is 1. The van der Waals surface area contributed by atoms with Gasteiger partial charge in [0, 0.05) is 13.2 Å². The molecule has 2 rings (SSSR count). The third-order valence-corrected chi connectivity index (χ3v) is 3.64. The Labute approximate surface area is 80.3 Å². The third-order valence-electron chi connectivity index (χ3n) is 3.64. The van der Waals surface area contributed by atoms with Gasteiger partial charge in [0.2, 0.25) is 0 Å². The molecule has 0 amide bonds. The summed E-state index contributed by atoms with van der Waals surface area (Å²) < 4.78 is 5.62. The summed E-state index contributed by atoms with van der Waals surface area (Å²) in [5, 5.41) is 9.40. The van der Waals surface area contributed by atoms with E-state index in [0.717, 1.165) is 18.9 Å². The molecule has 2 heteroatoms. The van der Waals surface area contributed by atoms with Crippen LogP contribution in [0, 0.1) is 11.3 Å². The van der Waals surface area contributed by atoms with Crippen molar-refractivity contribution in [3.63, 3.8) is 0 Å². The molecule has 1 saturated carbocycles. The number of aliphatic hydroxyl groups is 1. The molecule has 2 fully saturated rings. The first-order valence-corrected chi connectivity index (χ1v) is 5.47. The lowest BCUT2D eigenvalue weighted by Crippen LogP contribution is -2.29. The Balaban J connectivity index is 1.88. The van der Waals surface area contributed by atoms with E-state index in [1.807, 2.05) is 0 Å². The highest BCUT2D eigenvalue weighted by Gasteiger charge is 2.42. The normalized spacial score (nSPS) is 33.2. The summed E-state index contributed by atoms with van der Waals surface area (Å²) >= 11 is 0. The lowest BCUT2D eigenvalue weighted by atomic mass is 9.80. The van der Waals surface area contributed by atoms with Crippen molar-refractivity contribution in [3.05, 3.63) is 0 Å². The second kappa shape index (κ2) is 3.58. The van der Waals surface area contributed by atoms with E-state index in [-0.39, 0.29) is 5.41 Å². The highest BCUT2D eigenvalue weighted by Crippen LogP contribution is 2.48. The van der Waals surface area contributed by atoms with E-state index >= 15 is 0 Å². The van der Waals surface area contributed by atoms with Gasteiger partial charge in [0.25, 0.3) is 0 Å². The van der Waals surface area contributed by atoms with Crippen LogP contribution in [0.15, 0.2) is 0 Å². The molecule has 2 atom stereocenters. The van der Waals surface area contributed by atoms with E-state index in [4.69, 9.17) is 4.74 Å². The molecular formula is C11H20O2. The lowest BCUT2D eigenvalue weighted by molar-refractivity contribution is 0.0280. The maximum Gasteiger partial charge on any atom is 0.0582 e. The van der Waals surface area contributed by atoms with Gasteiger partial charge in [-0.15, -0.1) is 0 Å². The van der Waals surface area contributed by atoms with Crippen LogP contribution in [0.1, 0.15) is 39.0 Å². The molecule has 1 heterocycles. The summed E-state index contributed by atoms with van der Waals surface area (Å²) in [4.78, 5) is 0. The quantitative estimate of drug-likeness (QED) is 0.723. The van der Waals surface area contributed by atoms with Gasteiger partial charge in [-0.3, -0.25) is 0 Å². The minimum atomic E-state index is 0.148. The molecule has 1 aliphatic heterocycles. The van der Waals surface area contributed by atoms with E-state index < -0.39 is 0 Å². The Hall–Kier alpha value is -0.0800. The van der Waals surface area contributed by atoms with Crippen LogP contribution in [-0.2, 0) is 4.74 Å². The first-order valence-electron chi connectivity index (χ1n) is 5.47. The summed E-state index contributed by atoms with van der Waals surface area (Å²) in [6, 6.07) is 0. The van der Waals surface area contributed by atoms with Crippen LogP contribution in [0.3, 0.4) is 0 Å². The summed E-state index contributed by atoms with van der Waals surface area (Å²) in [6.45, 7) is 3.47. The van der Waals surface area contributed by atoms with Crippen molar-refractivity contribution in [1.82, 2.24) is 0 Å². The Morgan fingerprint density at radius 3 is 2.62 bits per heavy atom. The number of hydrogen-bond acceptors (Lipinski definition) is 2. The highest BCUT2D eigenvalue weighted by molar-refractivity contribution is 4.92. The predicted octanol–water partition coefficient (Wildman–Crippen LogP) is 1.96. The largest absolute Gasteiger partial charge is 0.396 e. The van der Waals surface area contributed by atoms with Crippen LogP contribution in [-0.4, -0.2) is 24.4 Å². The molecule has 76 valence electrons. The maximum atomic E-state index is 9.40. The molecule has 1 N–H and O–H groups in total. The first kappa shape index (κ1) is 9.47. The smallest absolute Gasteiger partial charge is 0.0582 e. The van der Waals surface area contributed by atoms with Gasteiger partial charge in [0.15, 0.2) is 0 Å². The van der Waals surface area contributed by atoms with Crippen LogP contribution in [0.4, 0.5) is 0 Å². The van der Waals surface area contributed by atoms with Crippen molar-refractivity contribution < 1.29 is 9.84 Å². The molecule has 0 aromatic carbocycles. The van der Waals surface area contributed by atoms with Crippen LogP contribution in [0.25, 0.3) is 0 Å². The van der Waals surface area contributed by atoms with Gasteiger partial charge < -0.3 is 9.84 Å². The molecule has 0 aromatic heterocycles. The molecule has 13 heavy (non-hydrogen) atoms. The van der Waals surface area contributed by atoms with Crippen LogP contribution in [0.2, 0.25) is 0 Å². The minimum absolute atomic E-state index is 0.148. The zero-order valence-corrected chi connectivity index (χ0v) is 8.46. The molecule has 2 aliphatic rings. The van der Waals surface area contributed by atoms with Crippen molar-refractivity contribution in [2.75, 3.05) is 13.2 Å². The molecule has 0 spiro atoms. The van der Waals surface area contributed by atoms with E-state index in [2.05, 4.69) is 6.92 Å². The standard InChI is InChI=1S/C11H20O2/c1-11(8-12,9-4-5-9)7-10-3-2-6-13-10/h9-10,12H,2-8H2,1H3. The fourth-order valence-electron chi connectivity index (χ4n) is 2.47. The van der Waals surface area contributed by atoms with Gasteiger partial charge in [-0.05, 0) is 43.4 Å². The summed E-state index contributed by atoms with van der Waals surface area (Å²) in [5.41, 5.74) is 0.148. The van der Waals surface area contributed by atoms with E-state index in [9.17, 15) is 5.11 Å². The SMILES string of the molecule is CC(CO)(CC1CCCO1)C1CC1. The van der Waals surface area contributed by atoms with Gasteiger partial charge in [0.05, 0.1) is 6.10 Å². The zero-order valence-electron chi connectivity index (χ0n) is 8.46. The van der Waals surface area contributed by atoms with Gasteiger partial charge in [-0.2, -0.15) is 0 Å². The molecule has 0 aromatic rings. The van der Waals surface area contributed by atoms with E-state index in [0.29, 0.717) is 12.7 Å². The Kier molecular flexibility index (Phi) is 2.61. The number of hydrogen-bond donors (Lipinski definition) is 1. The lowest BCUT2D eigenvalue weighted by Gasteiger charge is -2.29. The molecule has 1 aliphatic carbocycles. The number of rotatable bonds is 4. The number of ether oxygens (including phenoxy) is 1. The first-order chi connectivity index (χ1) is 6.24. The van der Waals surface area contributed by atoms with Crippen LogP contribution >= 0.6 is 0 Å². The Morgan fingerprint density at radius 2 is 2.15 bits per heavy atom. The fourth-order valence-corrected chi connectivity index (χ4v) is 2.47. The van der Waals surface area contributed by atoms with Gasteiger partial charge in [-0.25, -0.2) is 0 Å². The average molecular weight is 184 g/mol. The van der Waals surface area contributed by atoms with Crippen LogP contribution < -0.4 is 0 Å². The second-order valence-corrected chi connectivity index (χ2v) is 4.93. The molecule has 1 saturated heterocycles. The van der Waals surface area contributed by atoms with Gasteiger partial charge in [0.1, 0.15) is 0 Å².